The molecular formula is C13H15NO2. The highest BCUT2D eigenvalue weighted by molar-refractivity contribution is 5.88. The van der Waals surface area contributed by atoms with Crippen molar-refractivity contribution in [3.05, 3.63) is 34.9 Å². The maximum atomic E-state index is 10.9. The van der Waals surface area contributed by atoms with Gasteiger partial charge >= 0.3 is 5.97 Å². The summed E-state index contributed by atoms with van der Waals surface area (Å²) in [6.07, 6.45) is 4.34. The summed E-state index contributed by atoms with van der Waals surface area (Å²) in [4.78, 5) is 10.9. The number of hydrogen-bond donors (Lipinski definition) is 2. The first-order valence-electron chi connectivity index (χ1n) is 5.76. The number of benzene rings is 1. The van der Waals surface area contributed by atoms with Crippen LogP contribution in [-0.4, -0.2) is 17.1 Å². The van der Waals surface area contributed by atoms with Crippen LogP contribution in [0.4, 0.5) is 0 Å². The van der Waals surface area contributed by atoms with E-state index in [1.807, 2.05) is 12.1 Å². The Morgan fingerprint density at radius 3 is 2.88 bits per heavy atom. The van der Waals surface area contributed by atoms with E-state index in [2.05, 4.69) is 0 Å². The first-order chi connectivity index (χ1) is 7.63. The summed E-state index contributed by atoms with van der Waals surface area (Å²) in [6, 6.07) is 5.79. The van der Waals surface area contributed by atoms with E-state index < -0.39 is 5.97 Å². The Labute approximate surface area is 94.3 Å². The number of carboxylic acid groups (broad SMARTS) is 1. The normalized spacial score (nSPS) is 31.2. The van der Waals surface area contributed by atoms with Crippen molar-refractivity contribution in [3.8, 4) is 0 Å². The van der Waals surface area contributed by atoms with Gasteiger partial charge in [0, 0.05) is 11.5 Å². The van der Waals surface area contributed by atoms with Crippen molar-refractivity contribution in [2.75, 3.05) is 0 Å². The summed E-state index contributed by atoms with van der Waals surface area (Å²) >= 11 is 0. The number of aryl methyl sites for hydroxylation is 1. The molecule has 2 aliphatic rings. The minimum absolute atomic E-state index is 0.185. The topological polar surface area (TPSA) is 63.3 Å². The summed E-state index contributed by atoms with van der Waals surface area (Å²) in [5, 5.41) is 8.96. The molecule has 0 aliphatic heterocycles. The zero-order valence-electron chi connectivity index (χ0n) is 9.07. The predicted octanol–water partition coefficient (Wildman–Crippen LogP) is 1.69. The van der Waals surface area contributed by atoms with Crippen LogP contribution in [0.2, 0.25) is 0 Å². The Kier molecular flexibility index (Phi) is 1.89. The fourth-order valence-corrected chi connectivity index (χ4v) is 3.08. The standard InChI is InChI=1S/C13H15NO2/c14-11-7-13(11)5-1-2-8-6-9(12(15)16)3-4-10(8)13/h3-4,6,11H,1-2,5,7,14H2,(H,15,16)/t11-,13?/m1/s1. The Morgan fingerprint density at radius 2 is 2.25 bits per heavy atom. The average molecular weight is 217 g/mol. The first-order valence-corrected chi connectivity index (χ1v) is 5.76. The van der Waals surface area contributed by atoms with Crippen molar-refractivity contribution in [1.82, 2.24) is 0 Å². The van der Waals surface area contributed by atoms with Crippen LogP contribution in [0.15, 0.2) is 18.2 Å². The van der Waals surface area contributed by atoms with Gasteiger partial charge in [0.05, 0.1) is 5.56 Å². The summed E-state index contributed by atoms with van der Waals surface area (Å²) < 4.78 is 0. The third-order valence-electron chi connectivity index (χ3n) is 4.09. The van der Waals surface area contributed by atoms with E-state index in [9.17, 15) is 4.79 Å². The zero-order chi connectivity index (χ0) is 11.3. The van der Waals surface area contributed by atoms with Crippen LogP contribution in [0.3, 0.4) is 0 Å². The number of carboxylic acids is 1. The van der Waals surface area contributed by atoms with Crippen LogP contribution in [0, 0.1) is 0 Å². The second-order valence-electron chi connectivity index (χ2n) is 5.00. The Bertz CT molecular complexity index is 469. The molecule has 2 aliphatic carbocycles. The SMILES string of the molecule is N[C@@H]1CC12CCCc1cc(C(=O)O)ccc12. The summed E-state index contributed by atoms with van der Waals surface area (Å²) in [7, 11) is 0. The maximum Gasteiger partial charge on any atom is 0.335 e. The quantitative estimate of drug-likeness (QED) is 0.752. The Morgan fingerprint density at radius 1 is 1.50 bits per heavy atom. The highest BCUT2D eigenvalue weighted by Crippen LogP contribution is 2.54. The third-order valence-corrected chi connectivity index (χ3v) is 4.09. The molecular weight excluding hydrogens is 202 g/mol. The predicted molar refractivity (Wildman–Crippen MR) is 60.6 cm³/mol. The summed E-state index contributed by atoms with van der Waals surface area (Å²) in [5.74, 6) is -0.845. The maximum absolute atomic E-state index is 10.9. The van der Waals surface area contributed by atoms with Gasteiger partial charge in [0.15, 0.2) is 0 Å². The van der Waals surface area contributed by atoms with Crippen molar-refractivity contribution in [1.29, 1.82) is 0 Å². The molecule has 3 nitrogen and oxygen atoms in total. The van der Waals surface area contributed by atoms with Crippen LogP contribution >= 0.6 is 0 Å². The highest BCUT2D eigenvalue weighted by atomic mass is 16.4. The fourth-order valence-electron chi connectivity index (χ4n) is 3.08. The van der Waals surface area contributed by atoms with Gasteiger partial charge < -0.3 is 10.8 Å². The smallest absolute Gasteiger partial charge is 0.335 e. The lowest BCUT2D eigenvalue weighted by atomic mass is 9.79. The number of rotatable bonds is 1. The largest absolute Gasteiger partial charge is 0.478 e. The minimum atomic E-state index is -0.845. The van der Waals surface area contributed by atoms with E-state index in [-0.39, 0.29) is 11.5 Å². The fraction of sp³-hybridized carbons (Fsp3) is 0.462. The highest BCUT2D eigenvalue weighted by Gasteiger charge is 2.54. The first kappa shape index (κ1) is 9.85. The van der Waals surface area contributed by atoms with Crippen molar-refractivity contribution in [2.24, 2.45) is 5.73 Å². The van der Waals surface area contributed by atoms with Gasteiger partial charge in [-0.25, -0.2) is 4.79 Å². The second kappa shape index (κ2) is 3.08. The van der Waals surface area contributed by atoms with Gasteiger partial charge in [0.1, 0.15) is 0 Å². The molecule has 1 unspecified atom stereocenters. The molecule has 1 fully saturated rings. The molecule has 1 aromatic carbocycles. The molecule has 0 bridgehead atoms. The van der Waals surface area contributed by atoms with Crippen molar-refractivity contribution >= 4 is 5.97 Å². The second-order valence-corrected chi connectivity index (χ2v) is 5.00. The van der Waals surface area contributed by atoms with Crippen LogP contribution < -0.4 is 5.73 Å². The Hall–Kier alpha value is -1.35. The number of fused-ring (bicyclic) bond motifs is 2. The number of nitrogens with two attached hydrogens (primary N) is 1. The lowest BCUT2D eigenvalue weighted by molar-refractivity contribution is 0.0696. The molecule has 3 heteroatoms. The molecule has 3 rings (SSSR count). The van der Waals surface area contributed by atoms with Gasteiger partial charge in [-0.2, -0.15) is 0 Å². The zero-order valence-corrected chi connectivity index (χ0v) is 9.07. The molecule has 0 amide bonds. The lowest BCUT2D eigenvalue weighted by Gasteiger charge is -2.26. The van der Waals surface area contributed by atoms with Gasteiger partial charge in [-0.1, -0.05) is 6.07 Å². The van der Waals surface area contributed by atoms with Crippen molar-refractivity contribution in [3.63, 3.8) is 0 Å². The van der Waals surface area contributed by atoms with Crippen molar-refractivity contribution in [2.45, 2.75) is 37.1 Å². The minimum Gasteiger partial charge on any atom is -0.478 e. The average Bonchev–Trinajstić information content (AvgIpc) is 2.89. The number of carbonyl (C=O) groups is 1. The molecule has 1 aromatic rings. The van der Waals surface area contributed by atoms with Crippen LogP contribution in [-0.2, 0) is 11.8 Å². The van der Waals surface area contributed by atoms with E-state index in [1.165, 1.54) is 11.1 Å². The van der Waals surface area contributed by atoms with E-state index in [0.29, 0.717) is 5.56 Å². The molecule has 0 aromatic heterocycles. The third kappa shape index (κ3) is 1.21. The van der Waals surface area contributed by atoms with Gasteiger partial charge in [-0.05, 0) is 48.9 Å². The summed E-state index contributed by atoms with van der Waals surface area (Å²) in [6.45, 7) is 0. The van der Waals surface area contributed by atoms with Gasteiger partial charge in [0.2, 0.25) is 0 Å². The van der Waals surface area contributed by atoms with Gasteiger partial charge in [-0.15, -0.1) is 0 Å². The lowest BCUT2D eigenvalue weighted by Crippen LogP contribution is -2.24. The van der Waals surface area contributed by atoms with Crippen LogP contribution in [0.1, 0.15) is 40.7 Å². The molecule has 16 heavy (non-hydrogen) atoms. The molecule has 3 N–H and O–H groups in total. The van der Waals surface area contributed by atoms with Gasteiger partial charge in [-0.3, -0.25) is 0 Å². The van der Waals surface area contributed by atoms with Crippen LogP contribution in [0.5, 0.6) is 0 Å². The van der Waals surface area contributed by atoms with E-state index in [0.717, 1.165) is 25.7 Å². The monoisotopic (exact) mass is 217 g/mol. The van der Waals surface area contributed by atoms with Gasteiger partial charge in [0.25, 0.3) is 0 Å². The molecule has 0 saturated heterocycles. The van der Waals surface area contributed by atoms with E-state index in [4.69, 9.17) is 10.8 Å². The summed E-state index contributed by atoms with van der Waals surface area (Å²) in [5.41, 5.74) is 9.10. The van der Waals surface area contributed by atoms with E-state index >= 15 is 0 Å². The molecule has 1 saturated carbocycles. The Balaban J connectivity index is 2.08. The van der Waals surface area contributed by atoms with E-state index in [1.54, 1.807) is 6.07 Å². The molecule has 84 valence electrons. The molecule has 0 radical (unpaired) electrons. The number of aromatic carboxylic acids is 1. The van der Waals surface area contributed by atoms with Crippen molar-refractivity contribution < 1.29 is 9.90 Å². The molecule has 1 spiro atoms. The molecule has 0 heterocycles. The van der Waals surface area contributed by atoms with Crippen LogP contribution in [0.25, 0.3) is 0 Å². The molecule has 2 atom stereocenters. The number of hydrogen-bond acceptors (Lipinski definition) is 2.